The minimum atomic E-state index is -0.234. The van der Waals surface area contributed by atoms with Crippen LogP contribution in [0.25, 0.3) is 0 Å². The second-order valence-corrected chi connectivity index (χ2v) is 26.0. The first-order chi connectivity index (χ1) is 41.3. The Morgan fingerprint density at radius 3 is 1.70 bits per heavy atom. The van der Waals surface area contributed by atoms with Crippen LogP contribution in [-0.2, 0) is 50.4 Å². The van der Waals surface area contributed by atoms with Crippen molar-refractivity contribution in [1.82, 2.24) is 4.90 Å². The third kappa shape index (κ3) is 22.5. The van der Waals surface area contributed by atoms with Gasteiger partial charge in [0.1, 0.15) is 5.78 Å². The Bertz CT molecular complexity index is 3040. The van der Waals surface area contributed by atoms with Crippen LogP contribution in [0.15, 0.2) is 168 Å². The van der Waals surface area contributed by atoms with Crippen molar-refractivity contribution in [3.05, 3.63) is 228 Å². The summed E-state index contributed by atoms with van der Waals surface area (Å²) in [4.78, 5) is 52.4. The van der Waals surface area contributed by atoms with Gasteiger partial charge in [-0.2, -0.15) is 6.92 Å². The third-order valence-electron chi connectivity index (χ3n) is 17.0. The van der Waals surface area contributed by atoms with E-state index in [9.17, 15) is 19.2 Å². The van der Waals surface area contributed by atoms with Crippen LogP contribution in [-0.4, -0.2) is 28.0 Å². The molecule has 1 heterocycles. The molecule has 0 aromatic heterocycles. The van der Waals surface area contributed by atoms with Crippen molar-refractivity contribution in [2.45, 2.75) is 213 Å². The first-order valence-corrected chi connectivity index (χ1v) is 32.7. The monoisotopic (exact) mass is 1400 g/mol. The van der Waals surface area contributed by atoms with Crippen molar-refractivity contribution < 1.29 is 60.0 Å². The Balaban J connectivity index is 0.000000586. The maximum Gasteiger partial charge on any atom is 2.00 e. The number of hydrogen-bond donors (Lipinski definition) is 0. The standard InChI is InChI=1S/C28H41N2.C17H26N.C13H22.C12H11O2.C10H10O2.CH3.2Pd/c1-19(2)23-12-9-10-13-24(20(3)4)27(23)29-16-17-30(18-29)28-25(21(5)6)14-11-15-26(28)22(7)8;1-7-12-18(8-2)17-15(13(3)4)10-9-11-16(17)14(5)6;1-9(2)12-7-6-8-13(10(3)4)11(12)5;1-3-11(13)9-7-5-6-8-10(9)12(14)4-2;11-9-5-6-10(12)8-4-2-1-3-7(8)9;;;/h11-12,14-22H,9-10,13H2,1-8H3;7-14H,1-6H3;6-7,9-10,13H,8H2,1-5H3;3,5-8H,1-2,4H2;1,3H,2,4-6H2;1H3;;/q2*-1;;-1;;-1;2*+2/b;12-7-;;;;;;/t;;13-;;;;;/m..0...../s1. The molecule has 0 radical (unpaired) electrons. The molecule has 496 valence electrons. The van der Waals surface area contributed by atoms with Gasteiger partial charge >= 0.3 is 40.8 Å². The molecule has 0 amide bonds. The molecule has 3 aromatic rings. The van der Waals surface area contributed by atoms with Gasteiger partial charge in [-0.1, -0.05) is 220 Å². The molecule has 8 rings (SSSR count). The van der Waals surface area contributed by atoms with Crippen molar-refractivity contribution in [2.75, 3.05) is 9.80 Å². The van der Waals surface area contributed by atoms with Crippen LogP contribution in [0, 0.1) is 57.2 Å². The summed E-state index contributed by atoms with van der Waals surface area (Å²) in [6.07, 6.45) is 28.4. The van der Waals surface area contributed by atoms with Gasteiger partial charge in [-0.3, -0.25) is 19.2 Å². The molecular formula is C81H113N3O4Pd2. The van der Waals surface area contributed by atoms with Crippen molar-refractivity contribution in [3.8, 4) is 0 Å². The Morgan fingerprint density at radius 1 is 0.678 bits per heavy atom. The number of anilines is 2. The summed E-state index contributed by atoms with van der Waals surface area (Å²) in [5.74, 6) is 5.32. The second-order valence-electron chi connectivity index (χ2n) is 26.0. The number of ketones is 4. The van der Waals surface area contributed by atoms with Crippen LogP contribution >= 0.6 is 0 Å². The number of para-hydroxylation sites is 2. The van der Waals surface area contributed by atoms with E-state index in [0.717, 1.165) is 30.3 Å². The summed E-state index contributed by atoms with van der Waals surface area (Å²) in [7, 11) is 0. The summed E-state index contributed by atoms with van der Waals surface area (Å²) in [5.41, 5.74) is 18.4. The van der Waals surface area contributed by atoms with E-state index in [-0.39, 0.29) is 77.8 Å². The molecule has 1 aliphatic heterocycles. The molecule has 0 saturated heterocycles. The summed E-state index contributed by atoms with van der Waals surface area (Å²) >= 11 is 0. The molecular weight excluding hydrogens is 1290 g/mol. The van der Waals surface area contributed by atoms with E-state index in [0.29, 0.717) is 71.0 Å². The average Bonchev–Trinajstić information content (AvgIpc) is 2.03. The fourth-order valence-electron chi connectivity index (χ4n) is 12.2. The average molecular weight is 1410 g/mol. The predicted molar refractivity (Wildman–Crippen MR) is 379 cm³/mol. The van der Waals surface area contributed by atoms with Crippen LogP contribution < -0.4 is 9.80 Å². The molecule has 0 spiro atoms. The van der Waals surface area contributed by atoms with Gasteiger partial charge in [0, 0.05) is 52.2 Å². The number of carbonyl (C=O) groups is 4. The number of allylic oxidation sites excluding steroid dienone is 13. The molecule has 3 aromatic carbocycles. The molecule has 7 nitrogen and oxygen atoms in total. The van der Waals surface area contributed by atoms with Gasteiger partial charge in [-0.25, -0.2) is 6.54 Å². The molecule has 0 unspecified atom stereocenters. The molecule has 9 heteroatoms. The van der Waals surface area contributed by atoms with Crippen LogP contribution in [0.1, 0.15) is 256 Å². The van der Waals surface area contributed by atoms with E-state index in [2.05, 4.69) is 252 Å². The SMILES string of the molecule is C/C=C\N([CH-]C)c1c(C(C)C)cccc1C(C)C.C=CC(=O)c1ccccc1C(=O)C[CH2-].CC(C)C1=CCCCC(C(C)C)=C1N1C=CN(c2c(C(C)C)cccc2C(C)C)[CH-]1.CC1=C(C(C)C)C=CC[C@H]1C(C)C.O=C1CCC(=O)C2=C1C=CCC2.[CH3-].[Pd+2].[Pd+2]. The zero-order valence-corrected chi connectivity index (χ0v) is 61.9. The molecule has 0 bridgehead atoms. The van der Waals surface area contributed by atoms with E-state index in [1.165, 1.54) is 76.7 Å². The van der Waals surface area contributed by atoms with Gasteiger partial charge in [-0.05, 0) is 169 Å². The topological polar surface area (TPSA) is 78.0 Å². The van der Waals surface area contributed by atoms with Crippen LogP contribution in [0.4, 0.5) is 11.4 Å². The largest absolute Gasteiger partial charge is 2.00 e. The van der Waals surface area contributed by atoms with Crippen LogP contribution in [0.2, 0.25) is 0 Å². The van der Waals surface area contributed by atoms with Crippen molar-refractivity contribution in [2.24, 2.45) is 29.6 Å². The van der Waals surface area contributed by atoms with E-state index in [4.69, 9.17) is 0 Å². The minimum Gasteiger partial charge on any atom is -0.500 e. The quantitative estimate of drug-likeness (QED) is 0.0577. The van der Waals surface area contributed by atoms with E-state index in [1.54, 1.807) is 47.1 Å². The molecule has 90 heavy (non-hydrogen) atoms. The van der Waals surface area contributed by atoms with E-state index < -0.39 is 0 Å². The van der Waals surface area contributed by atoms with Gasteiger partial charge < -0.3 is 29.1 Å². The minimum absolute atomic E-state index is 0. The van der Waals surface area contributed by atoms with Crippen molar-refractivity contribution in [3.63, 3.8) is 0 Å². The number of nitrogens with zero attached hydrogens (tertiary/aromatic N) is 3. The first-order valence-electron chi connectivity index (χ1n) is 32.7. The molecule has 0 fully saturated rings. The van der Waals surface area contributed by atoms with Crippen LogP contribution in [0.3, 0.4) is 0 Å². The van der Waals surface area contributed by atoms with Gasteiger partial charge in [0.15, 0.2) is 17.3 Å². The number of hydrogen-bond acceptors (Lipinski definition) is 7. The normalized spacial score (nSPS) is 16.2. The predicted octanol–water partition coefficient (Wildman–Crippen LogP) is 22.4. The van der Waals surface area contributed by atoms with Gasteiger partial charge in [0.05, 0.1) is 0 Å². The maximum atomic E-state index is 11.4. The molecule has 4 aliphatic carbocycles. The zero-order valence-electron chi connectivity index (χ0n) is 58.8. The Morgan fingerprint density at radius 2 is 1.22 bits per heavy atom. The smallest absolute Gasteiger partial charge is 0.500 e. The number of benzene rings is 3. The fourth-order valence-corrected chi connectivity index (χ4v) is 12.2. The van der Waals surface area contributed by atoms with Crippen molar-refractivity contribution >= 4 is 34.5 Å². The van der Waals surface area contributed by atoms with Gasteiger partial charge in [0.25, 0.3) is 0 Å². The summed E-state index contributed by atoms with van der Waals surface area (Å²) in [5, 5.41) is 0. The molecule has 0 saturated carbocycles. The zero-order chi connectivity index (χ0) is 64.8. The van der Waals surface area contributed by atoms with Crippen molar-refractivity contribution in [1.29, 1.82) is 0 Å². The molecule has 0 N–H and O–H groups in total. The van der Waals surface area contributed by atoms with Crippen LogP contribution in [0.5, 0.6) is 0 Å². The number of Topliss-reactive ketones (excluding diaryl/α,β-unsaturated/α-hetero) is 3. The number of carbonyl (C=O) groups excluding carboxylic acids is 4. The third-order valence-corrected chi connectivity index (χ3v) is 17.0. The Hall–Kier alpha value is -5.28. The Labute approximate surface area is 576 Å². The summed E-state index contributed by atoms with van der Waals surface area (Å²) in [6, 6.07) is 20.2. The second kappa shape index (κ2) is 40.6. The fraction of sp³-hybridized carbons (Fsp3) is 0.457. The summed E-state index contributed by atoms with van der Waals surface area (Å²) in [6.45, 7) is 54.6. The maximum absolute atomic E-state index is 11.4. The number of rotatable bonds is 17. The summed E-state index contributed by atoms with van der Waals surface area (Å²) < 4.78 is 0. The van der Waals surface area contributed by atoms with Gasteiger partial charge in [-0.15, -0.1) is 13.1 Å². The first kappa shape index (κ1) is 82.7. The van der Waals surface area contributed by atoms with Gasteiger partial charge in [0.2, 0.25) is 0 Å². The molecule has 1 atom stereocenters. The Kier molecular flexibility index (Phi) is 37.4. The van der Waals surface area contributed by atoms with E-state index >= 15 is 0 Å². The molecule has 5 aliphatic rings. The van der Waals surface area contributed by atoms with E-state index in [1.807, 2.05) is 6.08 Å².